The molecule has 0 bridgehead atoms. The molecule has 18 N–H and O–H groups in total. The van der Waals surface area contributed by atoms with E-state index >= 15 is 0 Å². The molecule has 0 saturated carbocycles. The molecule has 1 aliphatic heterocycles. The van der Waals surface area contributed by atoms with E-state index in [9.17, 15) is 63.0 Å². The summed E-state index contributed by atoms with van der Waals surface area (Å²) in [5, 5.41) is 40.8. The molecule has 1 heterocycles. The van der Waals surface area contributed by atoms with Crippen LogP contribution < -0.4 is 65.5 Å². The maximum absolute atomic E-state index is 14.2. The van der Waals surface area contributed by atoms with Crippen molar-refractivity contribution < 1.29 is 63.0 Å². The van der Waals surface area contributed by atoms with Gasteiger partial charge in [0.2, 0.25) is 65.0 Å². The van der Waals surface area contributed by atoms with Crippen LogP contribution in [0.15, 0.2) is 0 Å². The Kier molecular flexibility index (Phi) is 31.1. The van der Waals surface area contributed by atoms with Crippen molar-refractivity contribution in [2.24, 2.45) is 52.5 Å². The third kappa shape index (κ3) is 25.4. The van der Waals surface area contributed by atoms with Gasteiger partial charge in [-0.3, -0.25) is 52.7 Å². The van der Waals surface area contributed by atoms with Crippen LogP contribution in [-0.4, -0.2) is 167 Å². The number of primary amides is 2. The Bertz CT molecular complexity index is 1990. The van der Waals surface area contributed by atoms with Crippen molar-refractivity contribution in [2.45, 2.75) is 200 Å². The fourth-order valence-corrected chi connectivity index (χ4v) is 8.68. The Morgan fingerprint density at radius 1 is 0.481 bits per heavy atom. The molecule has 77 heavy (non-hydrogen) atoms. The molecule has 0 aromatic rings. The van der Waals surface area contributed by atoms with Gasteiger partial charge in [0.05, 0.1) is 25.7 Å². The van der Waals surface area contributed by atoms with Gasteiger partial charge in [-0.15, -0.1) is 0 Å². The van der Waals surface area contributed by atoms with Crippen LogP contribution in [0.4, 0.5) is 0 Å². The number of nitrogens with one attached hydrogen (secondary N) is 8. The molecule has 1 saturated heterocycles. The average Bonchev–Trinajstić information content (AvgIpc) is 3.82. The van der Waals surface area contributed by atoms with Gasteiger partial charge in [-0.1, -0.05) is 69.2 Å². The van der Waals surface area contributed by atoms with Crippen molar-refractivity contribution >= 4 is 65.0 Å². The van der Waals surface area contributed by atoms with Crippen molar-refractivity contribution in [3.05, 3.63) is 0 Å². The SMILES string of the molecule is CC(C)C[C@H](NC(=O)[C@H](CC(C)C)NC(=O)[C@H](CO)NC(=O)[C@H](CCCCN)NC(=O)[C@H](CC(C)C)NC(=O)[C@H](CC(C)C)NC(=O)[C@H](CC(N)=O)NC(=O)[C@@H]1CCCN1C(=O)[C@H](CO)NC(=O)[C@@H](N)CC(C)C)C(N)=O. The Hall–Kier alpha value is -5.99. The molecule has 1 aliphatic rings. The molecule has 26 heteroatoms. The number of hydrogen-bond donors (Lipinski definition) is 14. The van der Waals surface area contributed by atoms with Gasteiger partial charge in [-0.2, -0.15) is 0 Å². The predicted molar refractivity (Wildman–Crippen MR) is 286 cm³/mol. The topological polar surface area (TPSA) is 432 Å². The lowest BCUT2D eigenvalue weighted by atomic mass is 9.99. The quantitative estimate of drug-likeness (QED) is 0.0276. The van der Waals surface area contributed by atoms with Crippen LogP contribution in [-0.2, 0) is 52.7 Å². The number of nitrogens with zero attached hydrogens (tertiary/aromatic N) is 1. The van der Waals surface area contributed by atoms with E-state index in [1.165, 1.54) is 0 Å². The molecule has 440 valence electrons. The molecular formula is C51H93N13O13. The van der Waals surface area contributed by atoms with Crippen molar-refractivity contribution in [2.75, 3.05) is 26.3 Å². The molecular weight excluding hydrogens is 1000 g/mol. The predicted octanol–water partition coefficient (Wildman–Crippen LogP) is -3.11. The maximum Gasteiger partial charge on any atom is 0.248 e. The van der Waals surface area contributed by atoms with E-state index in [2.05, 4.69) is 42.5 Å². The largest absolute Gasteiger partial charge is 0.394 e. The number of amides is 11. The van der Waals surface area contributed by atoms with Crippen LogP contribution in [0.1, 0.15) is 140 Å². The monoisotopic (exact) mass is 1100 g/mol. The van der Waals surface area contributed by atoms with E-state index in [1.807, 2.05) is 27.7 Å². The van der Waals surface area contributed by atoms with Gasteiger partial charge in [-0.05, 0) is 100 Å². The molecule has 26 nitrogen and oxygen atoms in total. The summed E-state index contributed by atoms with van der Waals surface area (Å²) in [5.41, 5.74) is 22.7. The minimum absolute atomic E-state index is 0.00289. The lowest BCUT2D eigenvalue weighted by Gasteiger charge is -2.30. The van der Waals surface area contributed by atoms with Crippen molar-refractivity contribution in [1.82, 2.24) is 47.4 Å². The first-order chi connectivity index (χ1) is 35.9. The van der Waals surface area contributed by atoms with Gasteiger partial charge in [0.1, 0.15) is 54.4 Å². The molecule has 0 radical (unpaired) electrons. The first-order valence-corrected chi connectivity index (χ1v) is 26.9. The van der Waals surface area contributed by atoms with E-state index in [-0.39, 0.29) is 81.2 Å². The fourth-order valence-electron chi connectivity index (χ4n) is 8.68. The Balaban J connectivity index is 3.39. The van der Waals surface area contributed by atoms with Gasteiger partial charge in [-0.25, -0.2) is 0 Å². The second kappa shape index (κ2) is 34.7. The summed E-state index contributed by atoms with van der Waals surface area (Å²) >= 11 is 0. The number of likely N-dealkylation sites (tertiary alicyclic amines) is 1. The number of nitrogens with two attached hydrogens (primary N) is 4. The number of carbonyl (C=O) groups is 11. The number of rotatable bonds is 36. The zero-order valence-electron chi connectivity index (χ0n) is 46.9. The van der Waals surface area contributed by atoms with Gasteiger partial charge >= 0.3 is 0 Å². The molecule has 0 aromatic carbocycles. The summed E-state index contributed by atoms with van der Waals surface area (Å²) < 4.78 is 0. The molecule has 0 aromatic heterocycles. The first-order valence-electron chi connectivity index (χ1n) is 26.9. The number of aliphatic hydroxyl groups excluding tert-OH is 2. The third-order valence-corrected chi connectivity index (χ3v) is 12.5. The van der Waals surface area contributed by atoms with Crippen LogP contribution >= 0.6 is 0 Å². The summed E-state index contributed by atoms with van der Waals surface area (Å²) in [4.78, 5) is 149. The van der Waals surface area contributed by atoms with Crippen LogP contribution in [0.25, 0.3) is 0 Å². The number of aliphatic hydroxyl groups is 2. The molecule has 1 fully saturated rings. The molecule has 0 aliphatic carbocycles. The lowest BCUT2D eigenvalue weighted by Crippen LogP contribution is -2.61. The summed E-state index contributed by atoms with van der Waals surface area (Å²) in [6.07, 6.45) is 1.26. The lowest BCUT2D eigenvalue weighted by molar-refractivity contribution is -0.143. The van der Waals surface area contributed by atoms with Crippen LogP contribution in [0.3, 0.4) is 0 Å². The molecule has 11 amide bonds. The van der Waals surface area contributed by atoms with Crippen LogP contribution in [0, 0.1) is 29.6 Å². The van der Waals surface area contributed by atoms with Crippen molar-refractivity contribution in [3.63, 3.8) is 0 Å². The number of hydrogen-bond acceptors (Lipinski definition) is 15. The summed E-state index contributed by atoms with van der Waals surface area (Å²) in [7, 11) is 0. The van der Waals surface area contributed by atoms with Crippen molar-refractivity contribution in [3.8, 4) is 0 Å². The second-order valence-corrected chi connectivity index (χ2v) is 22.2. The number of carbonyl (C=O) groups excluding carboxylic acids is 11. The highest BCUT2D eigenvalue weighted by Gasteiger charge is 2.40. The second-order valence-electron chi connectivity index (χ2n) is 22.2. The Morgan fingerprint density at radius 2 is 0.857 bits per heavy atom. The summed E-state index contributed by atoms with van der Waals surface area (Å²) in [5.74, 6) is -9.70. The van der Waals surface area contributed by atoms with Gasteiger partial charge in [0.25, 0.3) is 0 Å². The zero-order chi connectivity index (χ0) is 58.9. The summed E-state index contributed by atoms with van der Waals surface area (Å²) in [6.45, 7) is 16.7. The first kappa shape index (κ1) is 69.0. The van der Waals surface area contributed by atoms with E-state index in [0.717, 1.165) is 4.90 Å². The molecule has 1 rings (SSSR count). The van der Waals surface area contributed by atoms with E-state index < -0.39 is 145 Å². The molecule has 0 spiro atoms. The highest BCUT2D eigenvalue weighted by molar-refractivity contribution is 5.99. The van der Waals surface area contributed by atoms with Gasteiger partial charge in [0, 0.05) is 6.54 Å². The highest BCUT2D eigenvalue weighted by Crippen LogP contribution is 2.20. The highest BCUT2D eigenvalue weighted by atomic mass is 16.3. The van der Waals surface area contributed by atoms with Crippen LogP contribution in [0.5, 0.6) is 0 Å². The van der Waals surface area contributed by atoms with E-state index in [1.54, 1.807) is 41.5 Å². The average molecular weight is 1100 g/mol. The Labute approximate surface area is 453 Å². The minimum Gasteiger partial charge on any atom is -0.394 e. The smallest absolute Gasteiger partial charge is 0.248 e. The normalized spacial score (nSPS) is 17.0. The van der Waals surface area contributed by atoms with E-state index in [0.29, 0.717) is 25.7 Å². The molecule has 10 atom stereocenters. The van der Waals surface area contributed by atoms with Gasteiger partial charge in [0.15, 0.2) is 0 Å². The van der Waals surface area contributed by atoms with Crippen LogP contribution in [0.2, 0.25) is 0 Å². The fraction of sp³-hybridized carbons (Fsp3) is 0.784. The Morgan fingerprint density at radius 3 is 1.27 bits per heavy atom. The maximum atomic E-state index is 14.2. The zero-order valence-corrected chi connectivity index (χ0v) is 46.9. The van der Waals surface area contributed by atoms with Crippen molar-refractivity contribution in [1.29, 1.82) is 0 Å². The number of unbranched alkanes of at least 4 members (excludes halogenated alkanes) is 1. The van der Waals surface area contributed by atoms with Gasteiger partial charge < -0.3 is 80.6 Å². The minimum atomic E-state index is -1.64. The molecule has 0 unspecified atom stereocenters. The summed E-state index contributed by atoms with van der Waals surface area (Å²) in [6, 6.07) is -13.0. The standard InChI is InChI=1S/C51H93N13O13/c1-26(2)18-31(53)43(69)63-39(25-66)51(77)64-17-13-15-40(64)50(76)61-37(23-41(54)67)48(74)59-36(22-30(9)10)47(73)58-34(20-28(5)6)45(71)56-32(14-11-12-16-52)44(70)62-38(24-65)49(75)60-35(21-29(7)8)46(72)57-33(42(55)68)19-27(3)4/h26-40,65-66H,11-25,52-53H2,1-10H3,(H2,54,67)(H2,55,68)(H,56,71)(H,57,72)(H,58,73)(H,59,74)(H,60,75)(H,61,76)(H,62,70)(H,63,69)/t31-,32-,33-,34-,35-,36-,37-,38-,39-,40-/m0/s1. The third-order valence-electron chi connectivity index (χ3n) is 12.5. The van der Waals surface area contributed by atoms with E-state index in [4.69, 9.17) is 22.9 Å².